The maximum atomic E-state index is 12.0. The van der Waals surface area contributed by atoms with Gasteiger partial charge in [0.2, 0.25) is 0 Å². The second-order valence-corrected chi connectivity index (χ2v) is 7.97. The zero-order chi connectivity index (χ0) is 18.2. The van der Waals surface area contributed by atoms with E-state index in [2.05, 4.69) is 15.6 Å². The number of carbonyl (C=O) groups excluding carboxylic acids is 1. The Bertz CT molecular complexity index is 684. The van der Waals surface area contributed by atoms with Crippen LogP contribution < -0.4 is 10.6 Å². The summed E-state index contributed by atoms with van der Waals surface area (Å²) in [6.45, 7) is 0.934. The minimum atomic E-state index is -2.99. The Kier molecular flexibility index (Phi) is 7.70. The first-order chi connectivity index (χ1) is 11.2. The van der Waals surface area contributed by atoms with E-state index in [-0.39, 0.29) is 11.7 Å². The molecule has 0 saturated carbocycles. The highest BCUT2D eigenvalue weighted by Gasteiger charge is 2.08. The summed E-state index contributed by atoms with van der Waals surface area (Å²) in [7, 11) is 2.09. The summed E-state index contributed by atoms with van der Waals surface area (Å²) in [4.78, 5) is 17.5. The molecule has 24 heavy (non-hydrogen) atoms. The van der Waals surface area contributed by atoms with Crippen LogP contribution in [0, 0.1) is 0 Å². The maximum absolute atomic E-state index is 12.0. The van der Waals surface area contributed by atoms with Crippen LogP contribution in [0.3, 0.4) is 0 Å². The Labute approximate surface area is 144 Å². The third-order valence-electron chi connectivity index (χ3n) is 3.28. The highest BCUT2D eigenvalue weighted by molar-refractivity contribution is 7.90. The quantitative estimate of drug-likeness (QED) is 0.537. The number of hydrogen-bond acceptors (Lipinski definition) is 4. The molecule has 0 saturated heterocycles. The van der Waals surface area contributed by atoms with Gasteiger partial charge in [0.1, 0.15) is 9.84 Å². The first kappa shape index (κ1) is 20.0. The molecule has 0 heterocycles. The third kappa shape index (κ3) is 7.45. The van der Waals surface area contributed by atoms with Crippen LogP contribution in [-0.4, -0.2) is 71.4 Å². The molecule has 0 unspecified atom stereocenters. The summed E-state index contributed by atoms with van der Waals surface area (Å²) in [5, 5.41) is 6.08. The smallest absolute Gasteiger partial charge is 0.253 e. The van der Waals surface area contributed by atoms with Crippen LogP contribution in [0.15, 0.2) is 29.3 Å². The fourth-order valence-corrected chi connectivity index (χ4v) is 2.49. The number of hydrogen-bond donors (Lipinski definition) is 2. The molecular formula is C16H26N4O3S. The molecule has 0 aliphatic heterocycles. The number of sulfone groups is 1. The molecule has 0 aliphatic rings. The lowest BCUT2D eigenvalue weighted by atomic mass is 10.1. The summed E-state index contributed by atoms with van der Waals surface area (Å²) in [5.74, 6) is 0.588. The van der Waals surface area contributed by atoms with Gasteiger partial charge in [0, 0.05) is 46.1 Å². The second kappa shape index (κ2) is 9.27. The van der Waals surface area contributed by atoms with Gasteiger partial charge in [0.15, 0.2) is 5.96 Å². The average Bonchev–Trinajstić information content (AvgIpc) is 2.51. The fourth-order valence-electron chi connectivity index (χ4n) is 2.02. The lowest BCUT2D eigenvalue weighted by Crippen LogP contribution is -2.40. The van der Waals surface area contributed by atoms with Crippen molar-refractivity contribution in [3.8, 4) is 0 Å². The highest BCUT2D eigenvalue weighted by Crippen LogP contribution is 2.07. The first-order valence-electron chi connectivity index (χ1n) is 7.66. The van der Waals surface area contributed by atoms with Gasteiger partial charge in [-0.3, -0.25) is 9.79 Å². The molecule has 1 aromatic rings. The first-order valence-corrected chi connectivity index (χ1v) is 9.72. The van der Waals surface area contributed by atoms with Gasteiger partial charge in [0.05, 0.1) is 5.75 Å². The number of rotatable bonds is 7. The molecule has 0 aromatic heterocycles. The Morgan fingerprint density at radius 2 is 1.88 bits per heavy atom. The Balaban J connectivity index is 2.48. The Morgan fingerprint density at radius 3 is 2.46 bits per heavy atom. The van der Waals surface area contributed by atoms with Crippen molar-refractivity contribution in [3.05, 3.63) is 35.4 Å². The van der Waals surface area contributed by atoms with Crippen molar-refractivity contribution in [2.24, 2.45) is 4.99 Å². The van der Waals surface area contributed by atoms with Crippen LogP contribution in [0.25, 0.3) is 0 Å². The molecule has 8 heteroatoms. The molecule has 0 bridgehead atoms. The van der Waals surface area contributed by atoms with Gasteiger partial charge in [-0.25, -0.2) is 8.42 Å². The number of guanidine groups is 1. The molecule has 134 valence electrons. The number of carbonyl (C=O) groups is 1. The molecule has 0 aliphatic carbocycles. The molecule has 0 radical (unpaired) electrons. The summed E-state index contributed by atoms with van der Waals surface area (Å²) >= 11 is 0. The zero-order valence-corrected chi connectivity index (χ0v) is 15.5. The van der Waals surface area contributed by atoms with E-state index in [1.807, 2.05) is 18.2 Å². The average molecular weight is 354 g/mol. The molecule has 0 fully saturated rings. The third-order valence-corrected chi connectivity index (χ3v) is 4.22. The fraction of sp³-hybridized carbons (Fsp3) is 0.500. The van der Waals surface area contributed by atoms with E-state index < -0.39 is 9.84 Å². The van der Waals surface area contributed by atoms with Crippen LogP contribution in [0.5, 0.6) is 0 Å². The summed E-state index contributed by atoms with van der Waals surface area (Å²) in [6.07, 6.45) is 1.92. The van der Waals surface area contributed by atoms with Crippen LogP contribution in [0.2, 0.25) is 0 Å². The Hall–Kier alpha value is -2.09. The van der Waals surface area contributed by atoms with E-state index in [1.54, 1.807) is 32.1 Å². The minimum absolute atomic E-state index is 0.0249. The van der Waals surface area contributed by atoms with Crippen LogP contribution >= 0.6 is 0 Å². The van der Waals surface area contributed by atoms with Gasteiger partial charge < -0.3 is 15.5 Å². The predicted molar refractivity (Wildman–Crippen MR) is 97.2 cm³/mol. The lowest BCUT2D eigenvalue weighted by molar-refractivity contribution is 0.0827. The summed E-state index contributed by atoms with van der Waals surface area (Å²) in [5.41, 5.74) is 1.70. The topological polar surface area (TPSA) is 90.9 Å². The van der Waals surface area contributed by atoms with Crippen molar-refractivity contribution in [1.82, 2.24) is 15.5 Å². The van der Waals surface area contributed by atoms with E-state index in [0.717, 1.165) is 12.0 Å². The monoisotopic (exact) mass is 354 g/mol. The van der Waals surface area contributed by atoms with E-state index in [0.29, 0.717) is 24.6 Å². The standard InChI is InChI=1S/C16H26N4O3S/c1-17-16(19-10-11-24(4,22)23)18-9-8-13-6-5-7-14(12-13)15(21)20(2)3/h5-7,12H,8-11H2,1-4H3,(H2,17,18,19). The van der Waals surface area contributed by atoms with Crippen molar-refractivity contribution in [2.75, 3.05) is 46.2 Å². The van der Waals surface area contributed by atoms with Crippen molar-refractivity contribution < 1.29 is 13.2 Å². The normalized spacial score (nSPS) is 11.9. The van der Waals surface area contributed by atoms with Gasteiger partial charge in [-0.15, -0.1) is 0 Å². The number of amides is 1. The lowest BCUT2D eigenvalue weighted by Gasteiger charge is -2.13. The zero-order valence-electron chi connectivity index (χ0n) is 14.7. The van der Waals surface area contributed by atoms with Crippen molar-refractivity contribution in [1.29, 1.82) is 0 Å². The number of aliphatic imine (C=N–C) groups is 1. The number of benzene rings is 1. The van der Waals surface area contributed by atoms with Gasteiger partial charge in [-0.1, -0.05) is 12.1 Å². The molecule has 1 aromatic carbocycles. The van der Waals surface area contributed by atoms with E-state index in [9.17, 15) is 13.2 Å². The van der Waals surface area contributed by atoms with Gasteiger partial charge in [0.25, 0.3) is 5.91 Å². The van der Waals surface area contributed by atoms with E-state index >= 15 is 0 Å². The largest absolute Gasteiger partial charge is 0.356 e. The predicted octanol–water partition coefficient (Wildman–Crippen LogP) is 0.141. The van der Waals surface area contributed by atoms with Crippen molar-refractivity contribution in [3.63, 3.8) is 0 Å². The van der Waals surface area contributed by atoms with Crippen molar-refractivity contribution in [2.45, 2.75) is 6.42 Å². The summed E-state index contributed by atoms with van der Waals surface area (Å²) < 4.78 is 22.2. The molecule has 0 atom stereocenters. The Morgan fingerprint density at radius 1 is 1.21 bits per heavy atom. The van der Waals surface area contributed by atoms with Gasteiger partial charge in [-0.05, 0) is 24.1 Å². The molecule has 1 rings (SSSR count). The number of nitrogens with one attached hydrogen (secondary N) is 2. The number of nitrogens with zero attached hydrogens (tertiary/aromatic N) is 2. The second-order valence-electron chi connectivity index (χ2n) is 5.71. The molecule has 0 spiro atoms. The van der Waals surface area contributed by atoms with Crippen LogP contribution in [0.1, 0.15) is 15.9 Å². The van der Waals surface area contributed by atoms with Crippen LogP contribution in [-0.2, 0) is 16.3 Å². The minimum Gasteiger partial charge on any atom is -0.356 e. The molecular weight excluding hydrogens is 328 g/mol. The van der Waals surface area contributed by atoms with Crippen LogP contribution in [0.4, 0.5) is 0 Å². The summed E-state index contributed by atoms with van der Waals surface area (Å²) in [6, 6.07) is 7.51. The highest BCUT2D eigenvalue weighted by atomic mass is 32.2. The molecule has 1 amide bonds. The van der Waals surface area contributed by atoms with Gasteiger partial charge in [-0.2, -0.15) is 0 Å². The van der Waals surface area contributed by atoms with Crippen molar-refractivity contribution >= 4 is 21.7 Å². The van der Waals surface area contributed by atoms with E-state index in [1.165, 1.54) is 6.26 Å². The SMILES string of the molecule is CN=C(NCCc1cccc(C(=O)N(C)C)c1)NCCS(C)(=O)=O. The van der Waals surface area contributed by atoms with Gasteiger partial charge >= 0.3 is 0 Å². The maximum Gasteiger partial charge on any atom is 0.253 e. The molecule has 7 nitrogen and oxygen atoms in total. The molecule has 2 N–H and O–H groups in total. The van der Waals surface area contributed by atoms with E-state index in [4.69, 9.17) is 0 Å².